The molecular weight excluding hydrogens is 326 g/mol. The SMILES string of the molecule is CC(NC(=O)N1CCN(C(=O)C(C)(C)C)CC1)c1ccc(Cl)cc1. The summed E-state index contributed by atoms with van der Waals surface area (Å²) in [5.74, 6) is 0.136. The maximum Gasteiger partial charge on any atom is 0.317 e. The second kappa shape index (κ2) is 7.43. The van der Waals surface area contributed by atoms with Crippen molar-refractivity contribution in [3.63, 3.8) is 0 Å². The Morgan fingerprint density at radius 2 is 1.54 bits per heavy atom. The minimum absolute atomic E-state index is 0.0935. The van der Waals surface area contributed by atoms with Gasteiger partial charge in [-0.15, -0.1) is 0 Å². The molecule has 1 fully saturated rings. The lowest BCUT2D eigenvalue weighted by Crippen LogP contribution is -2.55. The van der Waals surface area contributed by atoms with E-state index in [9.17, 15) is 9.59 Å². The van der Waals surface area contributed by atoms with Crippen LogP contribution in [0.25, 0.3) is 0 Å². The lowest BCUT2D eigenvalue weighted by molar-refractivity contribution is -0.140. The highest BCUT2D eigenvalue weighted by Crippen LogP contribution is 2.19. The molecule has 2 rings (SSSR count). The Bertz CT molecular complexity index is 587. The van der Waals surface area contributed by atoms with Crippen LogP contribution in [0.2, 0.25) is 5.02 Å². The number of halogens is 1. The zero-order valence-corrected chi connectivity index (χ0v) is 15.6. The largest absolute Gasteiger partial charge is 0.339 e. The summed E-state index contributed by atoms with van der Waals surface area (Å²) in [6, 6.07) is 7.26. The molecule has 5 nitrogen and oxygen atoms in total. The number of urea groups is 1. The molecule has 1 N–H and O–H groups in total. The predicted octanol–water partition coefficient (Wildman–Crippen LogP) is 3.30. The number of piperazine rings is 1. The van der Waals surface area contributed by atoms with Crippen molar-refractivity contribution in [2.45, 2.75) is 33.7 Å². The molecule has 0 spiro atoms. The van der Waals surface area contributed by atoms with E-state index < -0.39 is 0 Å². The van der Waals surface area contributed by atoms with Crippen molar-refractivity contribution >= 4 is 23.5 Å². The van der Waals surface area contributed by atoms with Crippen LogP contribution in [0.15, 0.2) is 24.3 Å². The van der Waals surface area contributed by atoms with Gasteiger partial charge in [0.2, 0.25) is 5.91 Å². The minimum atomic E-state index is -0.381. The van der Waals surface area contributed by atoms with Gasteiger partial charge in [0.05, 0.1) is 6.04 Å². The molecule has 0 saturated carbocycles. The number of nitrogens with zero attached hydrogens (tertiary/aromatic N) is 2. The van der Waals surface area contributed by atoms with Crippen molar-refractivity contribution in [1.29, 1.82) is 0 Å². The van der Waals surface area contributed by atoms with E-state index in [0.717, 1.165) is 5.56 Å². The second-order valence-electron chi connectivity index (χ2n) is 7.25. The Kier molecular flexibility index (Phi) is 5.75. The van der Waals surface area contributed by atoms with E-state index in [0.29, 0.717) is 31.2 Å². The minimum Gasteiger partial charge on any atom is -0.339 e. The summed E-state index contributed by atoms with van der Waals surface area (Å²) in [5, 5.41) is 3.68. The summed E-state index contributed by atoms with van der Waals surface area (Å²) in [4.78, 5) is 28.3. The summed E-state index contributed by atoms with van der Waals surface area (Å²) in [6.07, 6.45) is 0. The fraction of sp³-hybridized carbons (Fsp3) is 0.556. The van der Waals surface area contributed by atoms with Gasteiger partial charge in [-0.2, -0.15) is 0 Å². The van der Waals surface area contributed by atoms with Gasteiger partial charge in [0.25, 0.3) is 0 Å². The standard InChI is InChI=1S/C18H26ClN3O2/c1-13(14-5-7-15(19)8-6-14)20-17(24)22-11-9-21(10-12-22)16(23)18(2,3)4/h5-8,13H,9-12H2,1-4H3,(H,20,24). The Hall–Kier alpha value is -1.75. The molecule has 3 amide bonds. The van der Waals surface area contributed by atoms with Crippen LogP contribution in [0.5, 0.6) is 0 Å². The molecule has 24 heavy (non-hydrogen) atoms. The van der Waals surface area contributed by atoms with Crippen LogP contribution in [0.3, 0.4) is 0 Å². The first kappa shape index (κ1) is 18.6. The quantitative estimate of drug-likeness (QED) is 0.888. The highest BCUT2D eigenvalue weighted by atomic mass is 35.5. The van der Waals surface area contributed by atoms with E-state index in [1.54, 1.807) is 4.90 Å². The summed E-state index contributed by atoms with van der Waals surface area (Å²) >= 11 is 5.89. The van der Waals surface area contributed by atoms with Crippen molar-refractivity contribution in [3.05, 3.63) is 34.9 Å². The van der Waals surface area contributed by atoms with E-state index in [4.69, 9.17) is 11.6 Å². The van der Waals surface area contributed by atoms with E-state index in [1.807, 2.05) is 56.9 Å². The molecule has 1 aliphatic heterocycles. The maximum absolute atomic E-state index is 12.4. The van der Waals surface area contributed by atoms with Gasteiger partial charge in [0.15, 0.2) is 0 Å². The average Bonchev–Trinajstić information content (AvgIpc) is 2.54. The number of carbonyl (C=O) groups is 2. The Labute approximate surface area is 149 Å². The van der Waals surface area contributed by atoms with Gasteiger partial charge in [0, 0.05) is 36.6 Å². The van der Waals surface area contributed by atoms with Gasteiger partial charge in [-0.1, -0.05) is 44.5 Å². The molecule has 0 radical (unpaired) electrons. The Morgan fingerprint density at radius 3 is 2.04 bits per heavy atom. The summed E-state index contributed by atoms with van der Waals surface area (Å²) in [6.45, 7) is 9.98. The molecule has 1 aromatic rings. The van der Waals surface area contributed by atoms with Crippen LogP contribution in [0.4, 0.5) is 4.79 Å². The molecule has 1 aliphatic rings. The van der Waals surface area contributed by atoms with E-state index >= 15 is 0 Å². The van der Waals surface area contributed by atoms with Crippen LogP contribution >= 0.6 is 11.6 Å². The van der Waals surface area contributed by atoms with Crippen LogP contribution in [0, 0.1) is 5.41 Å². The number of carbonyl (C=O) groups excluding carboxylic acids is 2. The maximum atomic E-state index is 12.4. The molecule has 1 aromatic carbocycles. The first-order valence-corrected chi connectivity index (χ1v) is 8.66. The highest BCUT2D eigenvalue weighted by molar-refractivity contribution is 6.30. The van der Waals surface area contributed by atoms with E-state index in [-0.39, 0.29) is 23.4 Å². The summed E-state index contributed by atoms with van der Waals surface area (Å²) in [7, 11) is 0. The van der Waals surface area contributed by atoms with E-state index in [1.165, 1.54) is 0 Å². The zero-order valence-electron chi connectivity index (χ0n) is 14.8. The molecule has 132 valence electrons. The first-order chi connectivity index (χ1) is 11.2. The number of rotatable bonds is 2. The normalized spacial score (nSPS) is 16.7. The lowest BCUT2D eigenvalue weighted by Gasteiger charge is -2.38. The van der Waals surface area contributed by atoms with Gasteiger partial charge in [-0.3, -0.25) is 4.79 Å². The number of amides is 3. The van der Waals surface area contributed by atoms with Gasteiger partial charge >= 0.3 is 6.03 Å². The van der Waals surface area contributed by atoms with Crippen LogP contribution < -0.4 is 5.32 Å². The number of hydrogen-bond acceptors (Lipinski definition) is 2. The smallest absolute Gasteiger partial charge is 0.317 e. The monoisotopic (exact) mass is 351 g/mol. The molecule has 0 aliphatic carbocycles. The molecule has 0 aromatic heterocycles. The summed E-state index contributed by atoms with van der Waals surface area (Å²) in [5.41, 5.74) is 0.627. The van der Waals surface area contributed by atoms with Crippen LogP contribution in [-0.4, -0.2) is 47.9 Å². The molecule has 1 atom stereocenters. The number of hydrogen-bond donors (Lipinski definition) is 1. The average molecular weight is 352 g/mol. The third-order valence-corrected chi connectivity index (χ3v) is 4.46. The third-order valence-electron chi connectivity index (χ3n) is 4.21. The Morgan fingerprint density at radius 1 is 1.04 bits per heavy atom. The lowest BCUT2D eigenvalue weighted by atomic mass is 9.94. The van der Waals surface area contributed by atoms with Gasteiger partial charge in [0.1, 0.15) is 0 Å². The molecule has 1 heterocycles. The molecule has 1 saturated heterocycles. The topological polar surface area (TPSA) is 52.7 Å². The van der Waals surface area contributed by atoms with Gasteiger partial charge in [-0.05, 0) is 24.6 Å². The first-order valence-electron chi connectivity index (χ1n) is 8.29. The fourth-order valence-corrected chi connectivity index (χ4v) is 2.82. The van der Waals surface area contributed by atoms with Gasteiger partial charge in [-0.25, -0.2) is 4.79 Å². The molecule has 0 bridgehead atoms. The van der Waals surface area contributed by atoms with Crippen molar-refractivity contribution in [3.8, 4) is 0 Å². The molecular formula is C18H26ClN3O2. The second-order valence-corrected chi connectivity index (χ2v) is 7.69. The van der Waals surface area contributed by atoms with Crippen molar-refractivity contribution < 1.29 is 9.59 Å². The van der Waals surface area contributed by atoms with Crippen LogP contribution in [-0.2, 0) is 4.79 Å². The van der Waals surface area contributed by atoms with Crippen molar-refractivity contribution in [2.24, 2.45) is 5.41 Å². The molecule has 6 heteroatoms. The summed E-state index contributed by atoms with van der Waals surface area (Å²) < 4.78 is 0. The van der Waals surface area contributed by atoms with Gasteiger partial charge < -0.3 is 15.1 Å². The molecule has 1 unspecified atom stereocenters. The van der Waals surface area contributed by atoms with E-state index in [2.05, 4.69) is 5.32 Å². The van der Waals surface area contributed by atoms with Crippen LogP contribution in [0.1, 0.15) is 39.3 Å². The number of benzene rings is 1. The van der Waals surface area contributed by atoms with Crippen molar-refractivity contribution in [2.75, 3.05) is 26.2 Å². The fourth-order valence-electron chi connectivity index (χ4n) is 2.70. The highest BCUT2D eigenvalue weighted by Gasteiger charge is 2.31. The number of nitrogens with one attached hydrogen (secondary N) is 1. The third kappa shape index (κ3) is 4.63. The van der Waals surface area contributed by atoms with Crippen molar-refractivity contribution in [1.82, 2.24) is 15.1 Å². The Balaban J connectivity index is 1.86. The zero-order chi connectivity index (χ0) is 17.9. The predicted molar refractivity (Wildman–Crippen MR) is 96.0 cm³/mol.